The molecule has 0 saturated carbocycles. The van der Waals surface area contributed by atoms with E-state index in [2.05, 4.69) is 67.2 Å². The van der Waals surface area contributed by atoms with E-state index in [0.29, 0.717) is 11.6 Å². The fourth-order valence-corrected chi connectivity index (χ4v) is 6.12. The minimum atomic E-state index is 0.103. The Hall–Kier alpha value is -1.02. The van der Waals surface area contributed by atoms with Crippen LogP contribution in [0, 0.1) is 0 Å². The number of hydrogen-bond donors (Lipinski definition) is 0. The number of carbonyl (C=O) groups is 1. The molecule has 2 aliphatic rings. The molecule has 1 amide bonds. The fraction of sp³-hybridized carbons (Fsp3) is 0.565. The van der Waals surface area contributed by atoms with Gasteiger partial charge in [0.2, 0.25) is 0 Å². The average Bonchev–Trinajstić information content (AvgIpc) is 3.13. The van der Waals surface area contributed by atoms with Gasteiger partial charge in [0, 0.05) is 45.4 Å². The third-order valence-corrected chi connectivity index (χ3v) is 8.07. The van der Waals surface area contributed by atoms with Crippen molar-refractivity contribution in [3.8, 4) is 0 Å². The number of piperidine rings is 1. The van der Waals surface area contributed by atoms with Crippen LogP contribution >= 0.6 is 32.1 Å². The van der Waals surface area contributed by atoms with Gasteiger partial charge in [-0.1, -0.05) is 25.1 Å². The molecule has 1 aromatic carbocycles. The Kier molecular flexibility index (Phi) is 7.68. The van der Waals surface area contributed by atoms with Crippen molar-refractivity contribution in [2.45, 2.75) is 45.1 Å². The summed E-state index contributed by atoms with van der Waals surface area (Å²) in [5, 5.41) is 5.95. The zero-order valence-corrected chi connectivity index (χ0v) is 21.8. The number of nitrogens with zero attached hydrogens (tertiary/aromatic N) is 4. The predicted molar refractivity (Wildman–Crippen MR) is 136 cm³/mol. The molecule has 3 heterocycles. The van der Waals surface area contributed by atoms with Crippen molar-refractivity contribution in [1.29, 1.82) is 0 Å². The summed E-state index contributed by atoms with van der Waals surface area (Å²) in [7, 11) is 4.61. The minimum Gasteiger partial charge on any atom is -0.383 e. The van der Waals surface area contributed by atoms with Gasteiger partial charge < -0.3 is 9.64 Å². The Morgan fingerprint density at radius 3 is 2.77 bits per heavy atom. The number of aromatic nitrogens is 2. The minimum absolute atomic E-state index is 0.103. The lowest BCUT2D eigenvalue weighted by atomic mass is 9.85. The second kappa shape index (κ2) is 10.3. The lowest BCUT2D eigenvalue weighted by molar-refractivity contribution is 0.0705. The number of ether oxygens (including phenoxy) is 1. The Bertz CT molecular complexity index is 940. The fourth-order valence-electron chi connectivity index (χ4n) is 4.97. The average molecular weight is 554 g/mol. The zero-order valence-electron chi connectivity index (χ0n) is 18.4. The van der Waals surface area contributed by atoms with E-state index in [1.807, 2.05) is 7.80 Å². The van der Waals surface area contributed by atoms with Crippen LogP contribution in [0.25, 0.3) is 0 Å². The summed E-state index contributed by atoms with van der Waals surface area (Å²) >= 11 is 2.21. The molecule has 1 unspecified atom stereocenters. The van der Waals surface area contributed by atoms with Crippen molar-refractivity contribution < 1.29 is 9.53 Å². The third kappa shape index (κ3) is 4.85. The quantitative estimate of drug-likeness (QED) is 0.407. The second-order valence-electron chi connectivity index (χ2n) is 8.49. The maximum absolute atomic E-state index is 13.4. The predicted octanol–water partition coefficient (Wildman–Crippen LogP) is 3.17. The molecular weight excluding hydrogens is 522 g/mol. The first-order chi connectivity index (χ1) is 15.0. The normalized spacial score (nSPS) is 17.7. The Labute approximate surface area is 201 Å². The first kappa shape index (κ1) is 23.1. The van der Waals surface area contributed by atoms with E-state index in [4.69, 9.17) is 4.74 Å². The Balaban J connectivity index is 1.44. The maximum Gasteiger partial charge on any atom is 0.274 e. The van der Waals surface area contributed by atoms with Gasteiger partial charge in [0.25, 0.3) is 5.91 Å². The highest BCUT2D eigenvalue weighted by Gasteiger charge is 2.32. The molecule has 0 N–H and O–H groups in total. The zero-order chi connectivity index (χ0) is 22.0. The summed E-state index contributed by atoms with van der Waals surface area (Å²) in [6.07, 6.45) is 3.96. The summed E-state index contributed by atoms with van der Waals surface area (Å²) in [5.41, 5.74) is 5.88. The van der Waals surface area contributed by atoms with Crippen LogP contribution in [0.5, 0.6) is 0 Å². The van der Waals surface area contributed by atoms with Crippen LogP contribution < -0.4 is 5.30 Å². The highest BCUT2D eigenvalue weighted by atomic mass is 127. The molecule has 1 fully saturated rings. The smallest absolute Gasteiger partial charge is 0.274 e. The van der Waals surface area contributed by atoms with Crippen molar-refractivity contribution in [1.82, 2.24) is 17.8 Å². The van der Waals surface area contributed by atoms with Gasteiger partial charge in [-0.25, -0.2) is 2.90 Å². The Morgan fingerprint density at radius 2 is 2.06 bits per heavy atom. The van der Waals surface area contributed by atoms with E-state index in [1.165, 1.54) is 16.4 Å². The molecule has 1 aromatic heterocycles. The van der Waals surface area contributed by atoms with Crippen LogP contribution in [0.1, 0.15) is 58.6 Å². The number of methoxy groups -OCH3 is 1. The van der Waals surface area contributed by atoms with Crippen LogP contribution in [0.15, 0.2) is 18.2 Å². The van der Waals surface area contributed by atoms with E-state index in [0.717, 1.165) is 76.3 Å². The SMILES string of the molecule is CCc1c(P)cccc1C1CCN(C(=O)c2nn(I)c3c2CCN(CCOC)C3)CC1. The molecule has 2 aliphatic heterocycles. The first-order valence-corrected chi connectivity index (χ1v) is 12.7. The first-order valence-electron chi connectivity index (χ1n) is 11.2. The van der Waals surface area contributed by atoms with Crippen LogP contribution in [0.4, 0.5) is 0 Å². The highest BCUT2D eigenvalue weighted by molar-refractivity contribution is 14.1. The van der Waals surface area contributed by atoms with Crippen LogP contribution in [0.2, 0.25) is 0 Å². The highest BCUT2D eigenvalue weighted by Crippen LogP contribution is 2.32. The molecule has 31 heavy (non-hydrogen) atoms. The van der Waals surface area contributed by atoms with Gasteiger partial charge >= 0.3 is 0 Å². The van der Waals surface area contributed by atoms with Gasteiger partial charge in [-0.3, -0.25) is 9.69 Å². The van der Waals surface area contributed by atoms with Gasteiger partial charge in [-0.2, -0.15) is 5.10 Å². The summed E-state index contributed by atoms with van der Waals surface area (Å²) in [6.45, 7) is 7.25. The van der Waals surface area contributed by atoms with Gasteiger partial charge in [0.1, 0.15) is 0 Å². The number of amides is 1. The van der Waals surface area contributed by atoms with Crippen LogP contribution in [-0.4, -0.2) is 63.6 Å². The monoisotopic (exact) mass is 554 g/mol. The van der Waals surface area contributed by atoms with Gasteiger partial charge in [-0.15, -0.1) is 9.24 Å². The maximum atomic E-state index is 13.4. The molecule has 0 spiro atoms. The van der Waals surface area contributed by atoms with Crippen molar-refractivity contribution in [3.05, 3.63) is 46.3 Å². The summed E-state index contributed by atoms with van der Waals surface area (Å²) in [4.78, 5) is 17.8. The van der Waals surface area contributed by atoms with E-state index < -0.39 is 0 Å². The summed E-state index contributed by atoms with van der Waals surface area (Å²) < 4.78 is 7.10. The van der Waals surface area contributed by atoms with E-state index in [-0.39, 0.29) is 5.91 Å². The number of hydrogen-bond acceptors (Lipinski definition) is 4. The standard InChI is InChI=1S/C23H32IN4O2P/c1-3-17-18(5-4-6-21(17)31)16-7-11-27(12-8-16)23(29)22-19-9-10-26(13-14-30-2)15-20(19)28(24)25-22/h4-6,16H,3,7-15,31H2,1-2H3. The van der Waals surface area contributed by atoms with Crippen LogP contribution in [0.3, 0.4) is 0 Å². The van der Waals surface area contributed by atoms with E-state index >= 15 is 0 Å². The van der Waals surface area contributed by atoms with Gasteiger partial charge in [-0.05, 0) is 48.0 Å². The number of halogens is 1. The van der Waals surface area contributed by atoms with Gasteiger partial charge in [0.15, 0.2) is 5.69 Å². The number of benzene rings is 1. The lowest BCUT2D eigenvalue weighted by Crippen LogP contribution is -2.39. The van der Waals surface area contributed by atoms with E-state index in [9.17, 15) is 4.79 Å². The molecule has 0 aliphatic carbocycles. The molecule has 0 radical (unpaired) electrons. The molecule has 6 nitrogen and oxygen atoms in total. The molecular formula is C23H32IN4O2P. The Morgan fingerprint density at radius 1 is 1.29 bits per heavy atom. The third-order valence-electron chi connectivity index (χ3n) is 6.73. The molecule has 168 valence electrons. The van der Waals surface area contributed by atoms with Gasteiger partial charge in [0.05, 0.1) is 35.2 Å². The van der Waals surface area contributed by atoms with Crippen molar-refractivity contribution in [2.75, 3.05) is 39.9 Å². The van der Waals surface area contributed by atoms with Crippen molar-refractivity contribution in [3.63, 3.8) is 0 Å². The van der Waals surface area contributed by atoms with Crippen molar-refractivity contribution in [2.24, 2.45) is 0 Å². The van der Waals surface area contributed by atoms with E-state index in [1.54, 1.807) is 7.11 Å². The molecule has 1 atom stereocenters. The topological polar surface area (TPSA) is 50.6 Å². The van der Waals surface area contributed by atoms with Crippen molar-refractivity contribution >= 4 is 43.3 Å². The molecule has 1 saturated heterocycles. The largest absolute Gasteiger partial charge is 0.383 e. The number of rotatable bonds is 6. The molecule has 0 bridgehead atoms. The number of fused-ring (bicyclic) bond motifs is 1. The van der Waals surface area contributed by atoms with Crippen LogP contribution in [-0.2, 0) is 24.1 Å². The lowest BCUT2D eigenvalue weighted by Gasteiger charge is -2.33. The second-order valence-corrected chi connectivity index (χ2v) is 10.0. The summed E-state index contributed by atoms with van der Waals surface area (Å²) in [5.74, 6) is 0.635. The number of carbonyl (C=O) groups excluding carboxylic acids is 1. The summed E-state index contributed by atoms with van der Waals surface area (Å²) in [6, 6.07) is 6.60. The molecule has 4 rings (SSSR count). The number of likely N-dealkylation sites (tertiary alicyclic amines) is 1. The molecule has 8 heteroatoms. The molecule has 2 aromatic rings.